The Bertz CT molecular complexity index is 1670. The predicted molar refractivity (Wildman–Crippen MR) is 148 cm³/mol. The summed E-state index contributed by atoms with van der Waals surface area (Å²) in [7, 11) is 0. The van der Waals surface area contributed by atoms with Gasteiger partial charge in [0.1, 0.15) is 28.7 Å². The van der Waals surface area contributed by atoms with Gasteiger partial charge in [-0.1, -0.05) is 32.9 Å². The number of aliphatic hydroxyl groups is 1. The van der Waals surface area contributed by atoms with Gasteiger partial charge in [-0.25, -0.2) is 4.39 Å². The molecule has 3 N–H and O–H groups in total. The Morgan fingerprint density at radius 2 is 1.74 bits per heavy atom. The number of aryl methyl sites for hydroxylation is 2. The predicted octanol–water partition coefficient (Wildman–Crippen LogP) is 5.23. The van der Waals surface area contributed by atoms with E-state index in [0.717, 1.165) is 5.56 Å². The average Bonchev–Trinajstić information content (AvgIpc) is 3.47. The molecule has 0 saturated heterocycles. The molecular formula is C30H30FN3O5. The van der Waals surface area contributed by atoms with E-state index in [2.05, 4.69) is 10.6 Å². The highest BCUT2D eigenvalue weighted by molar-refractivity contribution is 6.14. The summed E-state index contributed by atoms with van der Waals surface area (Å²) in [5.74, 6) is 0.297. The van der Waals surface area contributed by atoms with Crippen molar-refractivity contribution in [3.8, 4) is 0 Å². The fraction of sp³-hybridized carbons (Fsp3) is 0.300. The minimum atomic E-state index is -0.734. The smallest absolute Gasteiger partial charge is 0.261 e. The van der Waals surface area contributed by atoms with Gasteiger partial charge in [-0.15, -0.1) is 0 Å². The topological polar surface area (TPSA) is 112 Å². The van der Waals surface area contributed by atoms with Gasteiger partial charge in [-0.3, -0.25) is 14.4 Å². The second-order valence-electron chi connectivity index (χ2n) is 11.1. The monoisotopic (exact) mass is 531 g/mol. The minimum absolute atomic E-state index is 0.00388. The molecule has 4 aromatic rings. The third-order valence-electron chi connectivity index (χ3n) is 7.10. The highest BCUT2D eigenvalue weighted by Gasteiger charge is 2.37. The highest BCUT2D eigenvalue weighted by Crippen LogP contribution is 2.40. The number of amides is 1. The molecule has 0 aliphatic carbocycles. The van der Waals surface area contributed by atoms with E-state index >= 15 is 0 Å². The molecule has 0 saturated carbocycles. The summed E-state index contributed by atoms with van der Waals surface area (Å²) in [5.41, 5.74) is 0.645. The Morgan fingerprint density at radius 3 is 2.38 bits per heavy atom. The van der Waals surface area contributed by atoms with Gasteiger partial charge in [0.05, 0.1) is 36.1 Å². The van der Waals surface area contributed by atoms with E-state index in [1.165, 1.54) is 17.0 Å². The van der Waals surface area contributed by atoms with E-state index in [4.69, 9.17) is 4.42 Å². The number of nitrogens with one attached hydrogen (secondary N) is 2. The maximum Gasteiger partial charge on any atom is 0.261 e. The van der Waals surface area contributed by atoms with E-state index in [9.17, 15) is 23.9 Å². The number of benzene rings is 2. The number of hydrogen-bond acceptors (Lipinski definition) is 7. The Morgan fingerprint density at radius 1 is 1.03 bits per heavy atom. The number of fused-ring (bicyclic) bond motifs is 1. The second kappa shape index (κ2) is 9.50. The fourth-order valence-corrected chi connectivity index (χ4v) is 4.99. The summed E-state index contributed by atoms with van der Waals surface area (Å²) in [6.07, 6.45) is 0. The van der Waals surface area contributed by atoms with Crippen LogP contribution in [0.3, 0.4) is 0 Å². The third-order valence-corrected chi connectivity index (χ3v) is 7.10. The van der Waals surface area contributed by atoms with Crippen LogP contribution >= 0.6 is 0 Å². The number of anilines is 4. The van der Waals surface area contributed by atoms with Crippen LogP contribution in [0.2, 0.25) is 0 Å². The van der Waals surface area contributed by atoms with Crippen LogP contribution in [-0.4, -0.2) is 11.0 Å². The van der Waals surface area contributed by atoms with E-state index < -0.39 is 28.6 Å². The number of hydrogen-bond donors (Lipinski definition) is 3. The lowest BCUT2D eigenvalue weighted by atomic mass is 9.85. The first-order chi connectivity index (χ1) is 18.4. The van der Waals surface area contributed by atoms with Gasteiger partial charge in [0.15, 0.2) is 0 Å². The molecule has 0 fully saturated rings. The average molecular weight is 532 g/mol. The van der Waals surface area contributed by atoms with Crippen LogP contribution in [0.5, 0.6) is 0 Å². The van der Waals surface area contributed by atoms with Crippen LogP contribution in [-0.2, 0) is 13.2 Å². The van der Waals surface area contributed by atoms with Crippen molar-refractivity contribution < 1.29 is 18.7 Å². The molecule has 0 radical (unpaired) electrons. The van der Waals surface area contributed by atoms with E-state index in [-0.39, 0.29) is 46.8 Å². The third kappa shape index (κ3) is 4.52. The van der Waals surface area contributed by atoms with Gasteiger partial charge >= 0.3 is 0 Å². The number of halogens is 1. The van der Waals surface area contributed by atoms with Crippen molar-refractivity contribution in [2.24, 2.45) is 5.41 Å². The Kier molecular flexibility index (Phi) is 6.42. The van der Waals surface area contributed by atoms with Crippen LogP contribution in [0.15, 0.2) is 56.5 Å². The lowest BCUT2D eigenvalue weighted by Gasteiger charge is -2.31. The first kappa shape index (κ1) is 26.4. The van der Waals surface area contributed by atoms with Gasteiger partial charge in [0.25, 0.3) is 16.8 Å². The molecule has 0 bridgehead atoms. The fourth-order valence-electron chi connectivity index (χ4n) is 4.99. The molecule has 2 heterocycles. The minimum Gasteiger partial charge on any atom is -0.464 e. The van der Waals surface area contributed by atoms with Crippen molar-refractivity contribution in [2.45, 2.75) is 53.8 Å². The largest absolute Gasteiger partial charge is 0.464 e. The molecule has 0 unspecified atom stereocenters. The second-order valence-corrected chi connectivity index (χ2v) is 11.1. The zero-order chi connectivity index (χ0) is 28.2. The molecule has 1 aliphatic rings. The van der Waals surface area contributed by atoms with Crippen molar-refractivity contribution in [1.29, 1.82) is 0 Å². The number of nitrogens with zero attached hydrogens (tertiary/aromatic N) is 1. The Labute approximate surface area is 224 Å². The number of carbonyl (C=O) groups excluding carboxylic acids is 1. The first-order valence-corrected chi connectivity index (χ1v) is 12.7. The number of carbonyl (C=O) groups is 1. The standard InChI is InChI=1S/C30H30FN3O5/c1-15-6-8-17(14-35)21(12-15)34-13-18-19(31)9-10-20(23(18)29(34)38)32-24-25(27(37)26(24)36)33-28(30(3,4)5)22-11-7-16(2)39-22/h6-12,28,32-33,35H,13-14H2,1-5H3/t28-/m0/s1. The molecule has 1 aromatic heterocycles. The molecule has 1 amide bonds. The van der Waals surface area contributed by atoms with Crippen molar-refractivity contribution in [3.63, 3.8) is 0 Å². The van der Waals surface area contributed by atoms with Gasteiger partial charge in [-0.05, 0) is 55.2 Å². The van der Waals surface area contributed by atoms with Crippen molar-refractivity contribution in [2.75, 3.05) is 15.5 Å². The molecule has 39 heavy (non-hydrogen) atoms. The van der Waals surface area contributed by atoms with Gasteiger partial charge in [-0.2, -0.15) is 0 Å². The van der Waals surface area contributed by atoms with E-state index in [0.29, 0.717) is 22.8 Å². The summed E-state index contributed by atoms with van der Waals surface area (Å²) < 4.78 is 20.7. The SMILES string of the molecule is Cc1ccc(CO)c(N2Cc3c(F)ccc(Nc4c(N[C@@H](c5ccc(C)o5)C(C)(C)C)c(=O)c4=O)c3C2=O)c1. The molecule has 9 heteroatoms. The summed E-state index contributed by atoms with van der Waals surface area (Å²) >= 11 is 0. The molecule has 8 nitrogen and oxygen atoms in total. The summed E-state index contributed by atoms with van der Waals surface area (Å²) in [5, 5.41) is 15.9. The molecule has 5 rings (SSSR count). The molecule has 1 atom stereocenters. The van der Waals surface area contributed by atoms with Crippen molar-refractivity contribution >= 4 is 28.7 Å². The van der Waals surface area contributed by atoms with Crippen molar-refractivity contribution in [3.05, 3.63) is 103 Å². The quantitative estimate of drug-likeness (QED) is 0.280. The van der Waals surface area contributed by atoms with E-state index in [1.807, 2.05) is 52.8 Å². The lowest BCUT2D eigenvalue weighted by molar-refractivity contribution is 0.0997. The molecule has 202 valence electrons. The number of aliphatic hydroxyl groups excluding tert-OH is 1. The van der Waals surface area contributed by atoms with Gasteiger partial charge in [0.2, 0.25) is 0 Å². The number of furan rings is 1. The zero-order valence-electron chi connectivity index (χ0n) is 22.4. The van der Waals surface area contributed by atoms with Crippen LogP contribution in [0.4, 0.5) is 27.1 Å². The summed E-state index contributed by atoms with van der Waals surface area (Å²) in [6.45, 7) is 9.30. The maximum absolute atomic E-state index is 14.9. The summed E-state index contributed by atoms with van der Waals surface area (Å²) in [6, 6.07) is 11.1. The summed E-state index contributed by atoms with van der Waals surface area (Å²) in [4.78, 5) is 40.3. The first-order valence-electron chi connectivity index (χ1n) is 12.7. The molecular weight excluding hydrogens is 501 g/mol. The molecule has 3 aromatic carbocycles. The van der Waals surface area contributed by atoms with Gasteiger partial charge < -0.3 is 25.1 Å². The Balaban J connectivity index is 1.51. The number of rotatable bonds is 7. The normalized spacial score (nSPS) is 14.1. The Hall–Kier alpha value is -4.24. The lowest BCUT2D eigenvalue weighted by Crippen LogP contribution is -2.39. The molecule has 0 spiro atoms. The highest BCUT2D eigenvalue weighted by atomic mass is 19.1. The van der Waals surface area contributed by atoms with Crippen LogP contribution in [0, 0.1) is 25.1 Å². The molecule has 1 aliphatic heterocycles. The maximum atomic E-state index is 14.9. The van der Waals surface area contributed by atoms with Crippen molar-refractivity contribution in [1.82, 2.24) is 0 Å². The van der Waals surface area contributed by atoms with Crippen LogP contribution < -0.4 is 26.4 Å². The van der Waals surface area contributed by atoms with E-state index in [1.54, 1.807) is 12.1 Å². The van der Waals surface area contributed by atoms with Crippen LogP contribution in [0.1, 0.15) is 65.4 Å². The van der Waals surface area contributed by atoms with Gasteiger partial charge in [0, 0.05) is 11.1 Å². The zero-order valence-corrected chi connectivity index (χ0v) is 22.4. The van der Waals surface area contributed by atoms with Crippen LogP contribution in [0.25, 0.3) is 0 Å².